The average molecular weight is 220 g/mol. The molecular weight excluding hydrogens is 211 g/mol. The van der Waals surface area contributed by atoms with E-state index in [1.165, 1.54) is 0 Å². The van der Waals surface area contributed by atoms with E-state index in [0.717, 1.165) is 0 Å². The Morgan fingerprint density at radius 1 is 1.00 bits per heavy atom. The number of ketones is 1. The Bertz CT molecular complexity index is 269. The van der Waals surface area contributed by atoms with Gasteiger partial charge in [0, 0.05) is 12.8 Å². The van der Waals surface area contributed by atoms with E-state index in [-0.39, 0.29) is 18.6 Å². The van der Waals surface area contributed by atoms with Crippen LogP contribution in [0.3, 0.4) is 0 Å². The van der Waals surface area contributed by atoms with E-state index in [4.69, 9.17) is 0 Å². The van der Waals surface area contributed by atoms with Crippen molar-refractivity contribution in [1.82, 2.24) is 0 Å². The summed E-state index contributed by atoms with van der Waals surface area (Å²) in [6.07, 6.45) is 0.0406. The summed E-state index contributed by atoms with van der Waals surface area (Å²) in [5.41, 5.74) is 0. The lowest BCUT2D eigenvalue weighted by molar-refractivity contribution is -0.140. The molecule has 1 unspecified atom stereocenters. The molecule has 0 spiro atoms. The van der Waals surface area contributed by atoms with Gasteiger partial charge in [-0.3, -0.25) is 14.4 Å². The number of carbonyl (C=O) groups is 3. The lowest BCUT2D eigenvalue weighted by Crippen LogP contribution is -2.12. The molecule has 0 bridgehead atoms. The first-order chi connectivity index (χ1) is 6.58. The van der Waals surface area contributed by atoms with Gasteiger partial charge in [-0.1, -0.05) is 0 Å². The minimum absolute atomic E-state index is 0.0136. The Kier molecular flexibility index (Phi) is 3.83. The summed E-state index contributed by atoms with van der Waals surface area (Å²) in [6, 6.07) is 0. The molecule has 1 atom stereocenters. The maximum absolute atomic E-state index is 11.0. The Morgan fingerprint density at radius 2 is 1.64 bits per heavy atom. The zero-order valence-corrected chi connectivity index (χ0v) is 8.28. The predicted octanol–water partition coefficient (Wildman–Crippen LogP) is 0.606. The second kappa shape index (κ2) is 4.91. The lowest BCUT2D eigenvalue weighted by Gasteiger charge is -2.07. The van der Waals surface area contributed by atoms with E-state index >= 15 is 0 Å². The summed E-state index contributed by atoms with van der Waals surface area (Å²) in [4.78, 5) is 32.6. The molecule has 1 heterocycles. The topological polar surface area (TPSA) is 86.7 Å². The summed E-state index contributed by atoms with van der Waals surface area (Å²) >= 11 is 0. The van der Waals surface area contributed by atoms with E-state index in [9.17, 15) is 18.9 Å². The Labute approximate surface area is 80.5 Å². The zero-order chi connectivity index (χ0) is 10.6. The highest BCUT2D eigenvalue weighted by molar-refractivity contribution is 7.34. The van der Waals surface area contributed by atoms with Crippen molar-refractivity contribution >= 4 is 26.0 Å². The maximum atomic E-state index is 11.0. The molecule has 0 amide bonds. The van der Waals surface area contributed by atoms with Crippen molar-refractivity contribution < 1.29 is 28.0 Å². The molecule has 0 aliphatic carbocycles. The van der Waals surface area contributed by atoms with Crippen LogP contribution >= 0.6 is 8.25 Å². The van der Waals surface area contributed by atoms with Gasteiger partial charge in [-0.05, 0) is 6.42 Å². The normalized spacial score (nSPS) is 25.1. The molecule has 0 aromatic rings. The molecule has 0 N–H and O–H groups in total. The van der Waals surface area contributed by atoms with Gasteiger partial charge in [0.05, 0.1) is 0 Å². The van der Waals surface area contributed by atoms with E-state index in [1.807, 2.05) is 0 Å². The van der Waals surface area contributed by atoms with Gasteiger partial charge in [0.25, 0.3) is 0 Å². The van der Waals surface area contributed by atoms with Crippen LogP contribution in [-0.4, -0.2) is 17.7 Å². The van der Waals surface area contributed by atoms with Crippen molar-refractivity contribution in [3.8, 4) is 0 Å². The first-order valence-electron chi connectivity index (χ1n) is 4.05. The molecular formula is C7H9O6P. The smallest absolute Gasteiger partial charge is 0.385 e. The Hall–Kier alpha value is -1.16. The number of Topliss-reactive ketones (excluding diaryl/α,β-unsaturated/α-hetero) is 1. The van der Waals surface area contributed by atoms with E-state index < -0.39 is 26.6 Å². The van der Waals surface area contributed by atoms with Gasteiger partial charge < -0.3 is 9.05 Å². The van der Waals surface area contributed by atoms with Crippen LogP contribution in [0.5, 0.6) is 0 Å². The summed E-state index contributed by atoms with van der Waals surface area (Å²) in [7, 11) is -3.11. The third-order valence-electron chi connectivity index (χ3n) is 1.57. The fourth-order valence-corrected chi connectivity index (χ4v) is 1.56. The molecule has 1 fully saturated rings. The fraction of sp³-hybridized carbons (Fsp3) is 0.571. The number of hydrogen-bond acceptors (Lipinski definition) is 6. The highest BCUT2D eigenvalue weighted by Gasteiger charge is 2.18. The zero-order valence-electron chi connectivity index (χ0n) is 7.28. The second-order valence-corrected chi connectivity index (χ2v) is 3.68. The highest BCUT2D eigenvalue weighted by Crippen LogP contribution is 2.26. The molecule has 1 aliphatic rings. The van der Waals surface area contributed by atoms with Crippen LogP contribution in [-0.2, 0) is 28.0 Å². The van der Waals surface area contributed by atoms with Gasteiger partial charge >= 0.3 is 20.2 Å². The van der Waals surface area contributed by atoms with Crippen molar-refractivity contribution in [3.05, 3.63) is 0 Å². The second-order valence-electron chi connectivity index (χ2n) is 2.77. The van der Waals surface area contributed by atoms with Gasteiger partial charge in [-0.15, -0.1) is 0 Å². The van der Waals surface area contributed by atoms with Crippen LogP contribution in [0.1, 0.15) is 25.7 Å². The lowest BCUT2D eigenvalue weighted by atomic mass is 10.1. The van der Waals surface area contributed by atoms with Gasteiger partial charge in [-0.2, -0.15) is 0 Å². The molecule has 0 saturated carbocycles. The quantitative estimate of drug-likeness (QED) is 0.439. The third kappa shape index (κ3) is 3.70. The molecule has 7 heteroatoms. The van der Waals surface area contributed by atoms with Gasteiger partial charge in [-0.25, -0.2) is 4.57 Å². The van der Waals surface area contributed by atoms with Crippen molar-refractivity contribution in [2.45, 2.75) is 25.7 Å². The Morgan fingerprint density at radius 3 is 2.36 bits per heavy atom. The summed E-state index contributed by atoms with van der Waals surface area (Å²) in [5, 5.41) is 0. The van der Waals surface area contributed by atoms with Crippen LogP contribution in [0.4, 0.5) is 0 Å². The molecule has 78 valence electrons. The monoisotopic (exact) mass is 220 g/mol. The maximum Gasteiger partial charge on any atom is 0.423 e. The summed E-state index contributed by atoms with van der Waals surface area (Å²) < 4.78 is 19.3. The predicted molar refractivity (Wildman–Crippen MR) is 44.7 cm³/mol. The van der Waals surface area contributed by atoms with Crippen molar-refractivity contribution in [1.29, 1.82) is 0 Å². The molecule has 1 rings (SSSR count). The van der Waals surface area contributed by atoms with Crippen LogP contribution < -0.4 is 0 Å². The van der Waals surface area contributed by atoms with Crippen LogP contribution in [0, 0.1) is 0 Å². The van der Waals surface area contributed by atoms with Gasteiger partial charge in [0.15, 0.2) is 0 Å². The fourth-order valence-electron chi connectivity index (χ4n) is 0.973. The van der Waals surface area contributed by atoms with Crippen LogP contribution in [0.25, 0.3) is 0 Å². The molecule has 14 heavy (non-hydrogen) atoms. The van der Waals surface area contributed by atoms with Crippen molar-refractivity contribution in [2.75, 3.05) is 0 Å². The average Bonchev–Trinajstić information content (AvgIpc) is 2.01. The summed E-state index contributed by atoms with van der Waals surface area (Å²) in [5.74, 6) is -1.94. The van der Waals surface area contributed by atoms with Crippen molar-refractivity contribution in [2.24, 2.45) is 0 Å². The molecule has 1 aliphatic heterocycles. The summed E-state index contributed by atoms with van der Waals surface area (Å²) in [6.45, 7) is 0. The molecule has 0 aromatic heterocycles. The SMILES string of the molecule is O=C1CCCC(=O)O[PH](=O)OC(=O)C1. The Balaban J connectivity index is 2.62. The van der Waals surface area contributed by atoms with Gasteiger partial charge in [0.1, 0.15) is 12.2 Å². The first-order valence-corrected chi connectivity index (χ1v) is 5.27. The minimum atomic E-state index is -3.11. The molecule has 0 radical (unpaired) electrons. The highest BCUT2D eigenvalue weighted by atomic mass is 31.1. The first kappa shape index (κ1) is 10.9. The molecule has 1 saturated heterocycles. The number of rotatable bonds is 0. The standard InChI is InChI=1S/C7H9O6P/c8-5-2-1-3-6(9)12-14(11)13-7(10)4-5/h14H,1-4H2. The number of hydrogen-bond donors (Lipinski definition) is 0. The van der Waals surface area contributed by atoms with E-state index in [2.05, 4.69) is 9.05 Å². The van der Waals surface area contributed by atoms with Crippen LogP contribution in [0.2, 0.25) is 0 Å². The largest absolute Gasteiger partial charge is 0.423 e. The van der Waals surface area contributed by atoms with E-state index in [1.54, 1.807) is 0 Å². The van der Waals surface area contributed by atoms with E-state index in [0.29, 0.717) is 6.42 Å². The van der Waals surface area contributed by atoms with Crippen LogP contribution in [0.15, 0.2) is 0 Å². The number of carbonyl (C=O) groups excluding carboxylic acids is 3. The van der Waals surface area contributed by atoms with Gasteiger partial charge in [0.2, 0.25) is 0 Å². The van der Waals surface area contributed by atoms with Crippen molar-refractivity contribution in [3.63, 3.8) is 0 Å². The molecule has 6 nitrogen and oxygen atoms in total. The minimum Gasteiger partial charge on any atom is -0.385 e. The molecule has 0 aromatic carbocycles. The third-order valence-corrected chi connectivity index (χ3v) is 2.36.